The molecule has 0 amide bonds. The molecule has 1 aliphatic heterocycles. The number of nitrogens with zero attached hydrogens (tertiary/aromatic N) is 4. The summed E-state index contributed by atoms with van der Waals surface area (Å²) in [5, 5.41) is 3.56. The van der Waals surface area contributed by atoms with E-state index in [1.54, 1.807) is 0 Å². The molecular formula is C18H31N5. The van der Waals surface area contributed by atoms with Crippen LogP contribution in [0.1, 0.15) is 50.8 Å². The van der Waals surface area contributed by atoms with Gasteiger partial charge in [-0.25, -0.2) is 4.98 Å². The van der Waals surface area contributed by atoms with Crippen LogP contribution in [0.5, 0.6) is 0 Å². The van der Waals surface area contributed by atoms with E-state index in [2.05, 4.69) is 37.9 Å². The van der Waals surface area contributed by atoms with Crippen molar-refractivity contribution in [3.63, 3.8) is 0 Å². The fraction of sp³-hybridized carbons (Fsp3) is 0.778. The standard InChI is InChI=1S/C18H31N5/c1-16-20-11-14-22(16)12-6-5-10-21-17(19-2)23-13-9-18(15-23)7-3-4-8-18/h11,14H,3-10,12-13,15H2,1-2H3,(H,19,21). The average Bonchev–Trinajstić information content (AvgIpc) is 3.28. The van der Waals surface area contributed by atoms with E-state index in [-0.39, 0.29) is 0 Å². The lowest BCUT2D eigenvalue weighted by molar-refractivity contribution is 0.309. The van der Waals surface area contributed by atoms with Crippen molar-refractivity contribution in [3.8, 4) is 0 Å². The van der Waals surface area contributed by atoms with Gasteiger partial charge < -0.3 is 14.8 Å². The van der Waals surface area contributed by atoms with Gasteiger partial charge >= 0.3 is 0 Å². The van der Waals surface area contributed by atoms with Crippen molar-refractivity contribution in [2.24, 2.45) is 10.4 Å². The van der Waals surface area contributed by atoms with Gasteiger partial charge in [-0.3, -0.25) is 4.99 Å². The summed E-state index contributed by atoms with van der Waals surface area (Å²) in [5.41, 5.74) is 0.608. The first-order chi connectivity index (χ1) is 11.2. The summed E-state index contributed by atoms with van der Waals surface area (Å²) in [5.74, 6) is 2.21. The van der Waals surface area contributed by atoms with Gasteiger partial charge in [-0.05, 0) is 44.4 Å². The molecule has 0 atom stereocenters. The molecule has 1 N–H and O–H groups in total. The van der Waals surface area contributed by atoms with Gasteiger partial charge in [0.25, 0.3) is 0 Å². The molecule has 1 aromatic rings. The molecule has 5 nitrogen and oxygen atoms in total. The minimum absolute atomic E-state index is 0.608. The lowest BCUT2D eigenvalue weighted by atomic mass is 9.86. The molecule has 2 aliphatic rings. The van der Waals surface area contributed by atoms with E-state index < -0.39 is 0 Å². The molecule has 0 aromatic carbocycles. The van der Waals surface area contributed by atoms with Crippen molar-refractivity contribution in [2.45, 2.75) is 58.4 Å². The number of hydrogen-bond donors (Lipinski definition) is 1. The largest absolute Gasteiger partial charge is 0.356 e. The molecule has 128 valence electrons. The van der Waals surface area contributed by atoms with Gasteiger partial charge in [0.05, 0.1) is 0 Å². The highest BCUT2D eigenvalue weighted by Gasteiger charge is 2.40. The lowest BCUT2D eigenvalue weighted by Gasteiger charge is -2.26. The van der Waals surface area contributed by atoms with Crippen LogP contribution in [0.3, 0.4) is 0 Å². The third kappa shape index (κ3) is 3.88. The monoisotopic (exact) mass is 317 g/mol. The van der Waals surface area contributed by atoms with Crippen molar-refractivity contribution < 1.29 is 0 Å². The predicted octanol–water partition coefficient (Wildman–Crippen LogP) is 2.81. The molecular weight excluding hydrogens is 286 g/mol. The second-order valence-electron chi connectivity index (χ2n) is 7.23. The fourth-order valence-corrected chi connectivity index (χ4v) is 4.23. The van der Waals surface area contributed by atoms with Gasteiger partial charge in [0.15, 0.2) is 5.96 Å². The van der Waals surface area contributed by atoms with Crippen LogP contribution in [0.4, 0.5) is 0 Å². The number of unbranched alkanes of at least 4 members (excludes halogenated alkanes) is 1. The number of nitrogens with one attached hydrogen (secondary N) is 1. The number of aliphatic imine (C=N–C) groups is 1. The Morgan fingerprint density at radius 3 is 2.83 bits per heavy atom. The van der Waals surface area contributed by atoms with E-state index in [1.807, 2.05) is 13.2 Å². The van der Waals surface area contributed by atoms with Crippen LogP contribution in [-0.4, -0.2) is 47.1 Å². The van der Waals surface area contributed by atoms with E-state index in [1.165, 1.54) is 51.6 Å². The van der Waals surface area contributed by atoms with Crippen molar-refractivity contribution >= 4 is 5.96 Å². The maximum atomic E-state index is 4.50. The first kappa shape index (κ1) is 16.3. The van der Waals surface area contributed by atoms with Gasteiger partial charge in [0, 0.05) is 45.6 Å². The summed E-state index contributed by atoms with van der Waals surface area (Å²) in [7, 11) is 1.91. The Labute approximate surface area is 140 Å². The normalized spacial score (nSPS) is 20.6. The number of hydrogen-bond acceptors (Lipinski definition) is 2. The summed E-state index contributed by atoms with van der Waals surface area (Å²) < 4.78 is 2.22. The van der Waals surface area contributed by atoms with E-state index in [0.717, 1.165) is 31.3 Å². The van der Waals surface area contributed by atoms with Gasteiger partial charge in [0.1, 0.15) is 5.82 Å². The van der Waals surface area contributed by atoms with Crippen LogP contribution in [-0.2, 0) is 6.54 Å². The van der Waals surface area contributed by atoms with E-state index >= 15 is 0 Å². The molecule has 0 bridgehead atoms. The zero-order valence-corrected chi connectivity index (χ0v) is 14.7. The molecule has 2 heterocycles. The zero-order valence-electron chi connectivity index (χ0n) is 14.7. The Kier molecular flexibility index (Phi) is 5.23. The zero-order chi connectivity index (χ0) is 16.1. The Hall–Kier alpha value is -1.52. The van der Waals surface area contributed by atoms with E-state index in [0.29, 0.717) is 5.41 Å². The second kappa shape index (κ2) is 7.37. The number of rotatable bonds is 5. The molecule has 1 saturated carbocycles. The van der Waals surface area contributed by atoms with Crippen molar-refractivity contribution in [1.29, 1.82) is 0 Å². The number of likely N-dealkylation sites (tertiary alicyclic amines) is 1. The van der Waals surface area contributed by atoms with E-state index in [9.17, 15) is 0 Å². The van der Waals surface area contributed by atoms with Gasteiger partial charge in [0.2, 0.25) is 0 Å². The Morgan fingerprint density at radius 1 is 1.30 bits per heavy atom. The maximum Gasteiger partial charge on any atom is 0.193 e. The number of imidazole rings is 1. The van der Waals surface area contributed by atoms with Gasteiger partial charge in [-0.15, -0.1) is 0 Å². The lowest BCUT2D eigenvalue weighted by Crippen LogP contribution is -2.41. The van der Waals surface area contributed by atoms with Crippen molar-refractivity contribution in [2.75, 3.05) is 26.7 Å². The Bertz CT molecular complexity index is 527. The van der Waals surface area contributed by atoms with Crippen LogP contribution >= 0.6 is 0 Å². The summed E-state index contributed by atoms with van der Waals surface area (Å²) in [6.45, 7) is 6.50. The Balaban J connectivity index is 1.38. The Morgan fingerprint density at radius 2 is 2.13 bits per heavy atom. The average molecular weight is 317 g/mol. The highest BCUT2D eigenvalue weighted by atomic mass is 15.3. The second-order valence-corrected chi connectivity index (χ2v) is 7.23. The molecule has 2 fully saturated rings. The highest BCUT2D eigenvalue weighted by molar-refractivity contribution is 5.80. The first-order valence-corrected chi connectivity index (χ1v) is 9.16. The van der Waals surface area contributed by atoms with Crippen LogP contribution < -0.4 is 5.32 Å². The SMILES string of the molecule is CN=C(NCCCCn1ccnc1C)N1CCC2(CCCC2)C1. The molecule has 5 heteroatoms. The number of aryl methyl sites for hydroxylation is 2. The van der Waals surface area contributed by atoms with Crippen LogP contribution in [0.15, 0.2) is 17.4 Å². The quantitative estimate of drug-likeness (QED) is 0.516. The first-order valence-electron chi connectivity index (χ1n) is 9.16. The summed E-state index contributed by atoms with van der Waals surface area (Å²) in [6, 6.07) is 0. The van der Waals surface area contributed by atoms with Gasteiger partial charge in [-0.1, -0.05) is 12.8 Å². The molecule has 3 rings (SSSR count). The topological polar surface area (TPSA) is 45.5 Å². The highest BCUT2D eigenvalue weighted by Crippen LogP contribution is 2.45. The fourth-order valence-electron chi connectivity index (χ4n) is 4.23. The summed E-state index contributed by atoms with van der Waals surface area (Å²) >= 11 is 0. The minimum atomic E-state index is 0.608. The van der Waals surface area contributed by atoms with Crippen molar-refractivity contribution in [3.05, 3.63) is 18.2 Å². The predicted molar refractivity (Wildman–Crippen MR) is 94.7 cm³/mol. The molecule has 1 aromatic heterocycles. The van der Waals surface area contributed by atoms with E-state index in [4.69, 9.17) is 0 Å². The smallest absolute Gasteiger partial charge is 0.193 e. The summed E-state index contributed by atoms with van der Waals surface area (Å²) in [4.78, 5) is 11.2. The molecule has 1 aliphatic carbocycles. The number of guanidine groups is 1. The summed E-state index contributed by atoms with van der Waals surface area (Å²) in [6.07, 6.45) is 13.3. The van der Waals surface area contributed by atoms with Crippen LogP contribution in [0, 0.1) is 12.3 Å². The van der Waals surface area contributed by atoms with Crippen molar-refractivity contribution in [1.82, 2.24) is 19.8 Å². The van der Waals surface area contributed by atoms with Crippen LogP contribution in [0.2, 0.25) is 0 Å². The molecule has 1 saturated heterocycles. The minimum Gasteiger partial charge on any atom is -0.356 e. The molecule has 1 spiro atoms. The molecule has 0 radical (unpaired) electrons. The third-order valence-electron chi connectivity index (χ3n) is 5.65. The molecule has 0 unspecified atom stereocenters. The van der Waals surface area contributed by atoms with Crippen LogP contribution in [0.25, 0.3) is 0 Å². The molecule has 23 heavy (non-hydrogen) atoms. The number of aromatic nitrogens is 2. The third-order valence-corrected chi connectivity index (χ3v) is 5.65. The van der Waals surface area contributed by atoms with Gasteiger partial charge in [-0.2, -0.15) is 0 Å². The maximum absolute atomic E-state index is 4.50.